The summed E-state index contributed by atoms with van der Waals surface area (Å²) >= 11 is 0. The maximum absolute atomic E-state index is 12.8. The van der Waals surface area contributed by atoms with Crippen LogP contribution in [0.15, 0.2) is 30.5 Å². The van der Waals surface area contributed by atoms with Crippen LogP contribution in [-0.2, 0) is 22.6 Å². The van der Waals surface area contributed by atoms with Gasteiger partial charge in [0.1, 0.15) is 5.82 Å². The summed E-state index contributed by atoms with van der Waals surface area (Å²) in [5.74, 6) is 1.00. The van der Waals surface area contributed by atoms with Crippen LogP contribution in [0.1, 0.15) is 24.2 Å². The van der Waals surface area contributed by atoms with Crippen molar-refractivity contribution in [2.45, 2.75) is 25.4 Å². The topological polar surface area (TPSA) is 66.1 Å². The first kappa shape index (κ1) is 18.9. The molecule has 1 aromatic carbocycles. The van der Waals surface area contributed by atoms with Crippen LogP contribution in [0.25, 0.3) is 11.3 Å². The van der Waals surface area contributed by atoms with Gasteiger partial charge in [-0.25, -0.2) is 17.7 Å². The third kappa shape index (κ3) is 4.45. The first-order valence-corrected chi connectivity index (χ1v) is 10.1. The van der Waals surface area contributed by atoms with Gasteiger partial charge in [0.05, 0.1) is 23.7 Å². The minimum Gasteiger partial charge on any atom is -0.342 e. The summed E-state index contributed by atoms with van der Waals surface area (Å²) in [6, 6.07) is 5.12. The second-order valence-electron chi connectivity index (χ2n) is 6.63. The lowest BCUT2D eigenvalue weighted by atomic mass is 9.94. The van der Waals surface area contributed by atoms with Crippen molar-refractivity contribution < 1.29 is 21.6 Å². The highest BCUT2D eigenvalue weighted by Crippen LogP contribution is 2.32. The molecule has 2 aromatic rings. The van der Waals surface area contributed by atoms with Crippen molar-refractivity contribution in [3.63, 3.8) is 0 Å². The molecule has 0 aliphatic carbocycles. The number of aromatic amines is 1. The maximum Gasteiger partial charge on any atom is 0.416 e. The van der Waals surface area contributed by atoms with Gasteiger partial charge in [0, 0.05) is 25.1 Å². The smallest absolute Gasteiger partial charge is 0.342 e. The molecule has 5 nitrogen and oxygen atoms in total. The molecule has 1 fully saturated rings. The van der Waals surface area contributed by atoms with Crippen LogP contribution in [0, 0.1) is 5.92 Å². The molecule has 9 heteroatoms. The number of imidazole rings is 1. The first-order valence-electron chi connectivity index (χ1n) is 8.29. The normalized spacial score (nSPS) is 17.5. The number of H-pyrrole nitrogens is 1. The van der Waals surface area contributed by atoms with E-state index in [2.05, 4.69) is 9.97 Å². The summed E-state index contributed by atoms with van der Waals surface area (Å²) in [4.78, 5) is 7.36. The summed E-state index contributed by atoms with van der Waals surface area (Å²) in [5.41, 5.74) is 0.282. The first-order chi connectivity index (χ1) is 12.1. The fraction of sp³-hybridized carbons (Fsp3) is 0.471. The lowest BCUT2D eigenvalue weighted by Gasteiger charge is -2.29. The number of alkyl halides is 3. The number of nitrogens with one attached hydrogen (secondary N) is 1. The molecular weight excluding hydrogens is 367 g/mol. The summed E-state index contributed by atoms with van der Waals surface area (Å²) in [6.07, 6.45) is 0.500. The molecule has 1 aliphatic heterocycles. The molecule has 1 aliphatic rings. The van der Waals surface area contributed by atoms with Gasteiger partial charge >= 0.3 is 6.18 Å². The molecule has 1 N–H and O–H groups in total. The number of hydrogen-bond donors (Lipinski definition) is 1. The van der Waals surface area contributed by atoms with Gasteiger partial charge in [0.2, 0.25) is 10.0 Å². The molecule has 26 heavy (non-hydrogen) atoms. The van der Waals surface area contributed by atoms with Crippen LogP contribution in [0.2, 0.25) is 0 Å². The second kappa shape index (κ2) is 7.03. The number of halogens is 3. The lowest BCUT2D eigenvalue weighted by Crippen LogP contribution is -2.38. The standard InChI is InChI=1S/C17H20F3N3O2S/c1-26(24,25)23-7-5-12(6-8-23)9-16-21-11-15(22-16)13-3-2-4-14(10-13)17(18,19)20/h2-4,10-12H,5-9H2,1H3,(H,21,22). The minimum atomic E-state index is -4.38. The van der Waals surface area contributed by atoms with Crippen LogP contribution >= 0.6 is 0 Å². The third-order valence-electron chi connectivity index (χ3n) is 4.65. The zero-order valence-corrected chi connectivity index (χ0v) is 15.1. The minimum absolute atomic E-state index is 0.300. The Balaban J connectivity index is 1.66. The number of benzene rings is 1. The molecule has 0 bridgehead atoms. The van der Waals surface area contributed by atoms with Crippen molar-refractivity contribution in [3.05, 3.63) is 41.9 Å². The summed E-state index contributed by atoms with van der Waals surface area (Å²) in [7, 11) is -3.15. The van der Waals surface area contributed by atoms with Crippen molar-refractivity contribution >= 4 is 10.0 Å². The molecular formula is C17H20F3N3O2S. The Labute approximate surface area is 150 Å². The average molecular weight is 387 g/mol. The summed E-state index contributed by atoms with van der Waals surface area (Å²) in [5, 5.41) is 0. The molecule has 0 saturated carbocycles. The zero-order valence-electron chi connectivity index (χ0n) is 14.3. The van der Waals surface area contributed by atoms with Crippen LogP contribution < -0.4 is 0 Å². The molecule has 2 heterocycles. The van der Waals surface area contributed by atoms with Gasteiger partial charge in [0.15, 0.2) is 0 Å². The number of piperidine rings is 1. The van der Waals surface area contributed by atoms with Crippen molar-refractivity contribution in [1.82, 2.24) is 14.3 Å². The maximum atomic E-state index is 12.8. The fourth-order valence-electron chi connectivity index (χ4n) is 3.19. The second-order valence-corrected chi connectivity index (χ2v) is 8.61. The highest BCUT2D eigenvalue weighted by atomic mass is 32.2. The molecule has 3 rings (SSSR count). The van der Waals surface area contributed by atoms with E-state index in [1.54, 1.807) is 6.07 Å². The highest BCUT2D eigenvalue weighted by Gasteiger charge is 2.30. The molecule has 0 spiro atoms. The Morgan fingerprint density at radius 2 is 1.96 bits per heavy atom. The monoisotopic (exact) mass is 387 g/mol. The van der Waals surface area contributed by atoms with Crippen molar-refractivity contribution in [2.75, 3.05) is 19.3 Å². The van der Waals surface area contributed by atoms with E-state index in [-0.39, 0.29) is 0 Å². The molecule has 1 saturated heterocycles. The number of nitrogens with zero attached hydrogens (tertiary/aromatic N) is 2. The zero-order chi connectivity index (χ0) is 18.9. The SMILES string of the molecule is CS(=O)(=O)N1CCC(Cc2ncc(-c3cccc(C(F)(F)F)c3)[nH]2)CC1. The Morgan fingerprint density at radius 1 is 1.27 bits per heavy atom. The molecule has 1 aromatic heterocycles. The molecule has 0 atom stereocenters. The average Bonchev–Trinajstić information content (AvgIpc) is 3.02. The lowest BCUT2D eigenvalue weighted by molar-refractivity contribution is -0.137. The summed E-state index contributed by atoms with van der Waals surface area (Å²) < 4.78 is 63.1. The van der Waals surface area contributed by atoms with Gasteiger partial charge in [-0.2, -0.15) is 13.2 Å². The van der Waals surface area contributed by atoms with Gasteiger partial charge in [0.25, 0.3) is 0 Å². The van der Waals surface area contributed by atoms with Crippen molar-refractivity contribution in [1.29, 1.82) is 0 Å². The number of aromatic nitrogens is 2. The number of hydrogen-bond acceptors (Lipinski definition) is 3. The largest absolute Gasteiger partial charge is 0.416 e. The number of sulfonamides is 1. The molecule has 142 valence electrons. The van der Waals surface area contributed by atoms with E-state index in [0.29, 0.717) is 42.5 Å². The quantitative estimate of drug-likeness (QED) is 0.875. The van der Waals surface area contributed by atoms with E-state index in [1.807, 2.05) is 0 Å². The van der Waals surface area contributed by atoms with Crippen LogP contribution in [0.4, 0.5) is 13.2 Å². The van der Waals surface area contributed by atoms with Gasteiger partial charge in [-0.1, -0.05) is 12.1 Å². The van der Waals surface area contributed by atoms with Gasteiger partial charge in [-0.3, -0.25) is 0 Å². The fourth-order valence-corrected chi connectivity index (χ4v) is 4.07. The van der Waals surface area contributed by atoms with Crippen LogP contribution in [0.5, 0.6) is 0 Å². The van der Waals surface area contributed by atoms with E-state index in [0.717, 1.165) is 25.0 Å². The van der Waals surface area contributed by atoms with Gasteiger partial charge in [-0.15, -0.1) is 0 Å². The van der Waals surface area contributed by atoms with Crippen molar-refractivity contribution in [3.8, 4) is 11.3 Å². The highest BCUT2D eigenvalue weighted by molar-refractivity contribution is 7.88. The van der Waals surface area contributed by atoms with E-state index < -0.39 is 21.8 Å². The number of rotatable bonds is 4. The van der Waals surface area contributed by atoms with E-state index in [9.17, 15) is 21.6 Å². The van der Waals surface area contributed by atoms with Gasteiger partial charge in [-0.05, 0) is 30.9 Å². The summed E-state index contributed by atoms with van der Waals surface area (Å²) in [6.45, 7) is 0.982. The van der Waals surface area contributed by atoms with E-state index in [1.165, 1.54) is 22.8 Å². The van der Waals surface area contributed by atoms with Gasteiger partial charge < -0.3 is 4.98 Å². The predicted octanol–water partition coefficient (Wildman–Crippen LogP) is 3.31. The molecule has 0 radical (unpaired) electrons. The predicted molar refractivity (Wildman–Crippen MR) is 91.9 cm³/mol. The van der Waals surface area contributed by atoms with Crippen molar-refractivity contribution in [2.24, 2.45) is 5.92 Å². The Kier molecular flexibility index (Phi) is 5.12. The molecule has 0 unspecified atom stereocenters. The van der Waals surface area contributed by atoms with E-state index >= 15 is 0 Å². The van der Waals surface area contributed by atoms with Crippen LogP contribution in [-0.4, -0.2) is 42.0 Å². The Morgan fingerprint density at radius 3 is 2.58 bits per heavy atom. The Hall–Kier alpha value is -1.87. The van der Waals surface area contributed by atoms with Crippen LogP contribution in [0.3, 0.4) is 0 Å². The van der Waals surface area contributed by atoms with E-state index in [4.69, 9.17) is 0 Å². The Bertz CT molecular complexity index is 869. The third-order valence-corrected chi connectivity index (χ3v) is 5.96. The molecule has 0 amide bonds.